The molecule has 0 aliphatic carbocycles. The van der Waals surface area contributed by atoms with Gasteiger partial charge < -0.3 is 8.83 Å². The number of para-hydroxylation sites is 1. The molecule has 0 atom stereocenters. The van der Waals surface area contributed by atoms with Crippen molar-refractivity contribution in [1.29, 1.82) is 0 Å². The van der Waals surface area contributed by atoms with Gasteiger partial charge in [-0.2, -0.15) is 0 Å². The van der Waals surface area contributed by atoms with E-state index in [2.05, 4.69) is 42.5 Å². The molecule has 6 aromatic carbocycles. The Labute approximate surface area is 272 Å². The number of aryl methyl sites for hydroxylation is 1. The zero-order valence-corrected chi connectivity index (χ0v) is 26.8. The minimum atomic E-state index is -0.0470. The van der Waals surface area contributed by atoms with E-state index in [9.17, 15) is 4.79 Å². The summed E-state index contributed by atoms with van der Waals surface area (Å²) in [6, 6.07) is 39.1. The van der Waals surface area contributed by atoms with Crippen molar-refractivity contribution in [2.24, 2.45) is 0 Å². The summed E-state index contributed by atoms with van der Waals surface area (Å²) in [6.45, 7) is 6.04. The summed E-state index contributed by atoms with van der Waals surface area (Å²) in [6.07, 6.45) is 0. The van der Waals surface area contributed by atoms with Gasteiger partial charge in [-0.15, -0.1) is 0 Å². The van der Waals surface area contributed by atoms with E-state index in [-0.39, 0.29) is 5.56 Å². The second-order valence-electron chi connectivity index (χ2n) is 11.6. The van der Waals surface area contributed by atoms with Gasteiger partial charge in [-0.1, -0.05) is 85.8 Å². The van der Waals surface area contributed by atoms with Crippen molar-refractivity contribution >= 4 is 81.3 Å². The molecule has 226 valence electrons. The number of imidazole rings is 1. The predicted molar refractivity (Wildman–Crippen MR) is 196 cm³/mol. The molecule has 4 heterocycles. The van der Waals surface area contributed by atoms with Crippen molar-refractivity contribution in [1.82, 2.24) is 9.38 Å². The molecule has 10 aromatic rings. The molecule has 0 spiro atoms. The molecule has 0 saturated carbocycles. The third-order valence-electron chi connectivity index (χ3n) is 8.92. The molecule has 0 N–H and O–H groups in total. The van der Waals surface area contributed by atoms with Crippen LogP contribution in [-0.4, -0.2) is 9.38 Å². The van der Waals surface area contributed by atoms with Crippen LogP contribution in [0.1, 0.15) is 19.4 Å². The van der Waals surface area contributed by atoms with Gasteiger partial charge in [0.15, 0.2) is 4.96 Å². The lowest BCUT2D eigenvalue weighted by molar-refractivity contribution is 0.669. The van der Waals surface area contributed by atoms with Crippen LogP contribution in [0.4, 0.5) is 0 Å². The first kappa shape index (κ1) is 27.6. The van der Waals surface area contributed by atoms with E-state index in [1.165, 1.54) is 11.3 Å². The van der Waals surface area contributed by atoms with Crippen LogP contribution in [0, 0.1) is 6.92 Å². The van der Waals surface area contributed by atoms with Gasteiger partial charge in [-0.05, 0) is 89.3 Å². The third-order valence-corrected chi connectivity index (χ3v) is 9.93. The maximum absolute atomic E-state index is 13.7. The minimum Gasteiger partial charge on any atom is -0.456 e. The maximum Gasteiger partial charge on any atom is 0.266 e. The third kappa shape index (κ3) is 4.08. The van der Waals surface area contributed by atoms with Crippen molar-refractivity contribution in [2.45, 2.75) is 20.8 Å². The maximum atomic E-state index is 13.7. The smallest absolute Gasteiger partial charge is 0.266 e. The molecular formula is C41H28N2O3S. The van der Waals surface area contributed by atoms with E-state index in [4.69, 9.17) is 13.8 Å². The van der Waals surface area contributed by atoms with Gasteiger partial charge in [0.25, 0.3) is 5.56 Å². The topological polar surface area (TPSA) is 60.7 Å². The van der Waals surface area contributed by atoms with E-state index in [0.29, 0.717) is 10.3 Å². The lowest BCUT2D eigenvalue weighted by Gasteiger charge is -2.07. The summed E-state index contributed by atoms with van der Waals surface area (Å²) in [5.41, 5.74) is 10.5. The van der Waals surface area contributed by atoms with E-state index >= 15 is 0 Å². The first-order valence-electron chi connectivity index (χ1n) is 15.8. The van der Waals surface area contributed by atoms with E-state index in [1.807, 2.05) is 93.6 Å². The number of hydrogen-bond acceptors (Lipinski definition) is 5. The Morgan fingerprint density at radius 2 is 1.28 bits per heavy atom. The predicted octanol–water partition coefficient (Wildman–Crippen LogP) is 11.5. The number of hydrogen-bond donors (Lipinski definition) is 0. The molecule has 5 nitrogen and oxygen atoms in total. The second kappa shape index (κ2) is 10.4. The van der Waals surface area contributed by atoms with E-state index in [0.717, 1.165) is 87.4 Å². The molecular weight excluding hydrogens is 601 g/mol. The van der Waals surface area contributed by atoms with Gasteiger partial charge >= 0.3 is 0 Å². The van der Waals surface area contributed by atoms with Crippen molar-refractivity contribution < 1.29 is 8.83 Å². The van der Waals surface area contributed by atoms with Gasteiger partial charge in [-0.3, -0.25) is 4.79 Å². The average molecular weight is 629 g/mol. The Morgan fingerprint density at radius 1 is 0.617 bits per heavy atom. The lowest BCUT2D eigenvalue weighted by Crippen LogP contribution is -2.11. The highest BCUT2D eigenvalue weighted by atomic mass is 32.1. The monoisotopic (exact) mass is 628 g/mol. The molecule has 47 heavy (non-hydrogen) atoms. The van der Waals surface area contributed by atoms with Crippen LogP contribution in [0.25, 0.3) is 92.2 Å². The summed E-state index contributed by atoms with van der Waals surface area (Å²) in [4.78, 5) is 19.2. The van der Waals surface area contributed by atoms with Gasteiger partial charge in [0.1, 0.15) is 22.3 Å². The second-order valence-corrected chi connectivity index (χ2v) is 12.6. The van der Waals surface area contributed by atoms with Crippen LogP contribution in [0.2, 0.25) is 0 Å². The molecule has 0 aliphatic heterocycles. The number of furan rings is 2. The molecule has 0 bridgehead atoms. The Morgan fingerprint density at radius 3 is 2.06 bits per heavy atom. The van der Waals surface area contributed by atoms with Gasteiger partial charge in [0.05, 0.1) is 16.4 Å². The van der Waals surface area contributed by atoms with E-state index < -0.39 is 0 Å². The van der Waals surface area contributed by atoms with E-state index in [1.54, 1.807) is 4.40 Å². The van der Waals surface area contributed by atoms with Crippen molar-refractivity contribution in [3.8, 4) is 22.3 Å². The highest BCUT2D eigenvalue weighted by Crippen LogP contribution is 2.42. The highest BCUT2D eigenvalue weighted by molar-refractivity contribution is 7.23. The minimum absolute atomic E-state index is 0.0470. The zero-order valence-electron chi connectivity index (χ0n) is 26.0. The molecule has 0 unspecified atom stereocenters. The normalized spacial score (nSPS) is 11.8. The number of rotatable bonds is 2. The van der Waals surface area contributed by atoms with Crippen molar-refractivity contribution in [2.75, 3.05) is 0 Å². The van der Waals surface area contributed by atoms with Gasteiger partial charge in [0, 0.05) is 26.2 Å². The zero-order chi connectivity index (χ0) is 31.8. The molecule has 4 aromatic heterocycles. The summed E-state index contributed by atoms with van der Waals surface area (Å²) in [7, 11) is 0. The Bertz CT molecular complexity index is 2920. The number of nitrogens with zero attached hydrogens (tertiary/aromatic N) is 2. The Kier molecular flexibility index (Phi) is 6.11. The number of aromatic nitrogens is 2. The fourth-order valence-corrected chi connectivity index (χ4v) is 7.92. The first-order chi connectivity index (χ1) is 23.1. The average Bonchev–Trinajstić information content (AvgIpc) is 3.79. The Hall–Kier alpha value is -5.72. The number of benzene rings is 6. The van der Waals surface area contributed by atoms with Crippen LogP contribution >= 0.6 is 11.3 Å². The molecule has 0 saturated heterocycles. The molecule has 6 heteroatoms. The molecule has 0 amide bonds. The fraction of sp³-hybridized carbons (Fsp3) is 0.0732. The Balaban J connectivity index is 0.00000149. The summed E-state index contributed by atoms with van der Waals surface area (Å²) in [5.74, 6) is 0. The standard InChI is InChI=1S/C39H22N2O3S.C2H6/c1-21-12-16-30-29(18-21)40-39-41(30)38(42)27-15-13-23(20-35(27)45-39)25-8-5-11-34-37(25)28-19-22(14-17-32(28)44-34)24-7-4-10-33-36(24)26-6-2-3-9-31(26)43-33;1-2/h2-20H,1H3;1-2H3. The highest BCUT2D eigenvalue weighted by Gasteiger charge is 2.18. The molecule has 0 fully saturated rings. The van der Waals surface area contributed by atoms with Crippen LogP contribution in [0.3, 0.4) is 0 Å². The molecule has 0 aliphatic rings. The first-order valence-corrected chi connectivity index (χ1v) is 16.6. The SMILES string of the molecule is CC.Cc1ccc2c(c1)nc1sc3cc(-c4cccc5oc6ccc(-c7cccc8oc9ccccc9c78)cc6c45)ccc3c(=O)n12. The van der Waals surface area contributed by atoms with Crippen molar-refractivity contribution in [3.63, 3.8) is 0 Å². The fourth-order valence-electron chi connectivity index (χ4n) is 6.85. The summed E-state index contributed by atoms with van der Waals surface area (Å²) in [5, 5.41) is 4.99. The van der Waals surface area contributed by atoms with Crippen LogP contribution in [0.15, 0.2) is 129 Å². The summed E-state index contributed by atoms with van der Waals surface area (Å²) < 4.78 is 15.2. The number of fused-ring (bicyclic) bond motifs is 10. The van der Waals surface area contributed by atoms with Crippen LogP contribution < -0.4 is 5.56 Å². The van der Waals surface area contributed by atoms with Crippen molar-refractivity contribution in [3.05, 3.63) is 131 Å². The molecule has 10 rings (SSSR count). The lowest BCUT2D eigenvalue weighted by atomic mass is 9.95. The molecule has 0 radical (unpaired) electrons. The largest absolute Gasteiger partial charge is 0.456 e. The van der Waals surface area contributed by atoms with Gasteiger partial charge in [-0.25, -0.2) is 9.38 Å². The van der Waals surface area contributed by atoms with Gasteiger partial charge in [0.2, 0.25) is 0 Å². The van der Waals surface area contributed by atoms with Crippen LogP contribution in [0.5, 0.6) is 0 Å². The quantitative estimate of drug-likeness (QED) is 0.191. The van der Waals surface area contributed by atoms with Crippen LogP contribution in [-0.2, 0) is 0 Å². The summed E-state index contributed by atoms with van der Waals surface area (Å²) >= 11 is 1.54.